The van der Waals surface area contributed by atoms with E-state index in [4.69, 9.17) is 9.72 Å². The Labute approximate surface area is 190 Å². The molecular formula is C27H31N3O2. The van der Waals surface area contributed by atoms with Gasteiger partial charge in [0.25, 0.3) is 0 Å². The van der Waals surface area contributed by atoms with Crippen molar-refractivity contribution in [1.29, 1.82) is 0 Å². The number of nitrogens with zero attached hydrogens (tertiary/aromatic N) is 3. The number of aryl methyl sites for hydroxylation is 1. The zero-order valence-electron chi connectivity index (χ0n) is 19.3. The molecule has 5 nitrogen and oxygen atoms in total. The number of methoxy groups -OCH3 is 1. The van der Waals surface area contributed by atoms with E-state index in [-0.39, 0.29) is 5.91 Å². The van der Waals surface area contributed by atoms with Crippen molar-refractivity contribution in [1.82, 2.24) is 9.88 Å². The zero-order valence-corrected chi connectivity index (χ0v) is 19.3. The van der Waals surface area contributed by atoms with Crippen LogP contribution in [0.15, 0.2) is 54.6 Å². The average molecular weight is 430 g/mol. The van der Waals surface area contributed by atoms with Crippen molar-refractivity contribution in [2.75, 3.05) is 38.2 Å². The molecule has 1 aliphatic heterocycles. The molecule has 2 heterocycles. The van der Waals surface area contributed by atoms with Crippen LogP contribution < -0.4 is 9.64 Å². The Morgan fingerprint density at radius 1 is 1.06 bits per heavy atom. The van der Waals surface area contributed by atoms with E-state index in [2.05, 4.69) is 62.1 Å². The number of para-hydroxylation sites is 1. The highest BCUT2D eigenvalue weighted by Gasteiger charge is 2.21. The lowest BCUT2D eigenvalue weighted by molar-refractivity contribution is -0.126. The number of hydrogen-bond donors (Lipinski definition) is 0. The second-order valence-corrected chi connectivity index (χ2v) is 8.62. The number of rotatable bonds is 5. The number of amides is 1. The number of benzene rings is 2. The molecule has 0 saturated carbocycles. The lowest BCUT2D eigenvalue weighted by atomic mass is 10.0. The van der Waals surface area contributed by atoms with Gasteiger partial charge in [0.2, 0.25) is 5.91 Å². The summed E-state index contributed by atoms with van der Waals surface area (Å²) in [5.74, 6) is 2.29. The van der Waals surface area contributed by atoms with Gasteiger partial charge in [-0.1, -0.05) is 50.2 Å². The second kappa shape index (κ2) is 9.43. The first-order valence-electron chi connectivity index (χ1n) is 11.2. The minimum atomic E-state index is 0.0573. The molecule has 166 valence electrons. The van der Waals surface area contributed by atoms with Gasteiger partial charge < -0.3 is 14.5 Å². The number of anilines is 1. The first kappa shape index (κ1) is 21.9. The summed E-state index contributed by atoms with van der Waals surface area (Å²) >= 11 is 0. The molecule has 32 heavy (non-hydrogen) atoms. The van der Waals surface area contributed by atoms with E-state index in [1.54, 1.807) is 13.2 Å². The Morgan fingerprint density at radius 3 is 2.44 bits per heavy atom. The Bertz CT molecular complexity index is 1130. The third-order valence-corrected chi connectivity index (χ3v) is 6.15. The number of piperazine rings is 1. The van der Waals surface area contributed by atoms with Crippen molar-refractivity contribution in [3.05, 3.63) is 71.3 Å². The van der Waals surface area contributed by atoms with Gasteiger partial charge in [-0.25, -0.2) is 4.98 Å². The predicted octanol–water partition coefficient (Wildman–Crippen LogP) is 5.04. The largest absolute Gasteiger partial charge is 0.494 e. The van der Waals surface area contributed by atoms with Crippen LogP contribution >= 0.6 is 0 Å². The summed E-state index contributed by atoms with van der Waals surface area (Å²) in [4.78, 5) is 21.7. The van der Waals surface area contributed by atoms with Gasteiger partial charge >= 0.3 is 0 Å². The Balaban J connectivity index is 1.41. The Hall–Kier alpha value is -3.34. The summed E-state index contributed by atoms with van der Waals surface area (Å²) in [6.45, 7) is 9.34. The third-order valence-electron chi connectivity index (χ3n) is 6.15. The molecule has 1 amide bonds. The van der Waals surface area contributed by atoms with Gasteiger partial charge in [-0.05, 0) is 47.7 Å². The first-order valence-corrected chi connectivity index (χ1v) is 11.2. The van der Waals surface area contributed by atoms with E-state index >= 15 is 0 Å². The standard InChI is InChI=1S/C27H31N3O2/c1-19(2)22-11-8-21(9-12-22)10-13-26(31)30-16-14-29(15-17-30)25-18-20(3)23-6-5-7-24(32-4)27(23)28-25/h5-13,18-19H,14-17H2,1-4H3/b13-10+. The molecule has 1 fully saturated rings. The van der Waals surface area contributed by atoms with Gasteiger partial charge in [0, 0.05) is 37.6 Å². The summed E-state index contributed by atoms with van der Waals surface area (Å²) in [6, 6.07) is 16.5. The molecule has 0 unspecified atom stereocenters. The van der Waals surface area contributed by atoms with Crippen molar-refractivity contribution < 1.29 is 9.53 Å². The normalized spacial score (nSPS) is 14.5. The SMILES string of the molecule is COc1cccc2c(C)cc(N3CCN(C(=O)/C=C/c4ccc(C(C)C)cc4)CC3)nc12. The molecule has 0 radical (unpaired) electrons. The van der Waals surface area contributed by atoms with Crippen molar-refractivity contribution in [3.8, 4) is 5.75 Å². The second-order valence-electron chi connectivity index (χ2n) is 8.62. The van der Waals surface area contributed by atoms with Crippen LogP contribution in [0.2, 0.25) is 0 Å². The minimum Gasteiger partial charge on any atom is -0.494 e. The van der Waals surface area contributed by atoms with E-state index in [1.807, 2.05) is 23.1 Å². The molecule has 0 atom stereocenters. The van der Waals surface area contributed by atoms with E-state index in [0.717, 1.165) is 41.1 Å². The number of aromatic nitrogens is 1. The topological polar surface area (TPSA) is 45.7 Å². The van der Waals surface area contributed by atoms with Crippen LogP contribution in [0.4, 0.5) is 5.82 Å². The molecule has 1 saturated heterocycles. The molecule has 2 aromatic carbocycles. The summed E-state index contributed by atoms with van der Waals surface area (Å²) in [6.07, 6.45) is 3.59. The predicted molar refractivity (Wildman–Crippen MR) is 131 cm³/mol. The molecule has 0 bridgehead atoms. The number of pyridine rings is 1. The monoisotopic (exact) mass is 429 g/mol. The Kier molecular flexibility index (Phi) is 6.45. The van der Waals surface area contributed by atoms with E-state index in [1.165, 1.54) is 11.1 Å². The maximum atomic E-state index is 12.7. The van der Waals surface area contributed by atoms with Crippen molar-refractivity contribution in [2.24, 2.45) is 0 Å². The number of carbonyl (C=O) groups is 1. The molecule has 4 rings (SSSR count). The van der Waals surface area contributed by atoms with Gasteiger partial charge in [0.1, 0.15) is 17.1 Å². The smallest absolute Gasteiger partial charge is 0.246 e. The van der Waals surface area contributed by atoms with Gasteiger partial charge in [0.15, 0.2) is 0 Å². The highest BCUT2D eigenvalue weighted by molar-refractivity contribution is 5.92. The molecule has 0 N–H and O–H groups in total. The number of hydrogen-bond acceptors (Lipinski definition) is 4. The third kappa shape index (κ3) is 4.62. The molecule has 0 spiro atoms. The highest BCUT2D eigenvalue weighted by Crippen LogP contribution is 2.29. The highest BCUT2D eigenvalue weighted by atomic mass is 16.5. The maximum Gasteiger partial charge on any atom is 0.246 e. The van der Waals surface area contributed by atoms with Crippen LogP contribution in [-0.2, 0) is 4.79 Å². The van der Waals surface area contributed by atoms with Crippen molar-refractivity contribution in [3.63, 3.8) is 0 Å². The van der Waals surface area contributed by atoms with Crippen molar-refractivity contribution in [2.45, 2.75) is 26.7 Å². The van der Waals surface area contributed by atoms with Crippen molar-refractivity contribution >= 4 is 28.7 Å². The molecule has 5 heteroatoms. The number of fused-ring (bicyclic) bond motifs is 1. The van der Waals surface area contributed by atoms with Crippen LogP contribution in [0.5, 0.6) is 5.75 Å². The van der Waals surface area contributed by atoms with Crippen LogP contribution in [0.1, 0.15) is 36.5 Å². The molecule has 3 aromatic rings. The van der Waals surface area contributed by atoms with E-state index in [9.17, 15) is 4.79 Å². The fraction of sp³-hybridized carbons (Fsp3) is 0.333. The summed E-state index contributed by atoms with van der Waals surface area (Å²) in [5.41, 5.74) is 4.41. The Morgan fingerprint density at radius 2 is 1.78 bits per heavy atom. The summed E-state index contributed by atoms with van der Waals surface area (Å²) in [5, 5.41) is 1.11. The zero-order chi connectivity index (χ0) is 22.7. The van der Waals surface area contributed by atoms with E-state index in [0.29, 0.717) is 19.0 Å². The van der Waals surface area contributed by atoms with Crippen LogP contribution in [0.3, 0.4) is 0 Å². The van der Waals surface area contributed by atoms with Gasteiger partial charge in [-0.15, -0.1) is 0 Å². The lowest BCUT2D eigenvalue weighted by Gasteiger charge is -2.35. The fourth-order valence-corrected chi connectivity index (χ4v) is 4.12. The van der Waals surface area contributed by atoms with Gasteiger partial charge in [0.05, 0.1) is 7.11 Å². The van der Waals surface area contributed by atoms with Crippen LogP contribution in [0, 0.1) is 6.92 Å². The van der Waals surface area contributed by atoms with E-state index < -0.39 is 0 Å². The van der Waals surface area contributed by atoms with Gasteiger partial charge in [-0.3, -0.25) is 4.79 Å². The maximum absolute atomic E-state index is 12.7. The number of carbonyl (C=O) groups excluding carboxylic acids is 1. The van der Waals surface area contributed by atoms with Gasteiger partial charge in [-0.2, -0.15) is 0 Å². The molecule has 1 aliphatic rings. The average Bonchev–Trinajstić information content (AvgIpc) is 2.82. The lowest BCUT2D eigenvalue weighted by Crippen LogP contribution is -2.48. The molecular weight excluding hydrogens is 398 g/mol. The minimum absolute atomic E-state index is 0.0573. The first-order chi connectivity index (χ1) is 15.5. The number of ether oxygens (including phenoxy) is 1. The summed E-state index contributed by atoms with van der Waals surface area (Å²) < 4.78 is 5.51. The van der Waals surface area contributed by atoms with Crippen LogP contribution in [-0.4, -0.2) is 49.1 Å². The van der Waals surface area contributed by atoms with Crippen LogP contribution in [0.25, 0.3) is 17.0 Å². The molecule has 0 aliphatic carbocycles. The fourth-order valence-electron chi connectivity index (χ4n) is 4.12. The molecule has 1 aromatic heterocycles. The quantitative estimate of drug-likeness (QED) is 0.533. The summed E-state index contributed by atoms with van der Waals surface area (Å²) in [7, 11) is 1.68.